The van der Waals surface area contributed by atoms with Gasteiger partial charge in [0, 0.05) is 5.69 Å². The Labute approximate surface area is 103 Å². The first-order valence-corrected chi connectivity index (χ1v) is 5.89. The molecule has 0 amide bonds. The van der Waals surface area contributed by atoms with E-state index in [1.54, 1.807) is 12.1 Å². The van der Waals surface area contributed by atoms with E-state index in [1.165, 1.54) is 5.56 Å². The van der Waals surface area contributed by atoms with Crippen molar-refractivity contribution >= 4 is 15.9 Å². The Kier molecular flexibility index (Phi) is 2.95. The second-order valence-corrected chi connectivity index (χ2v) is 4.74. The molecule has 0 saturated heterocycles. The van der Waals surface area contributed by atoms with Crippen molar-refractivity contribution < 1.29 is 9.52 Å². The summed E-state index contributed by atoms with van der Waals surface area (Å²) in [7, 11) is 0. The molecule has 0 aliphatic heterocycles. The van der Waals surface area contributed by atoms with Crippen LogP contribution >= 0.6 is 15.9 Å². The Morgan fingerprint density at radius 1 is 1.25 bits per heavy atom. The van der Waals surface area contributed by atoms with Crippen LogP contribution < -0.4 is 0 Å². The summed E-state index contributed by atoms with van der Waals surface area (Å²) < 4.78 is 5.97. The van der Waals surface area contributed by atoms with Gasteiger partial charge >= 0.3 is 0 Å². The Bertz CT molecular complexity index is 513. The number of aromatic nitrogens is 1. The van der Waals surface area contributed by atoms with Crippen molar-refractivity contribution in [3.8, 4) is 0 Å². The molecule has 2 aromatic rings. The van der Waals surface area contributed by atoms with E-state index in [9.17, 15) is 5.11 Å². The molecule has 0 spiro atoms. The maximum absolute atomic E-state index is 10.2. The second-order valence-electron chi connectivity index (χ2n) is 3.96. The molecule has 0 saturated carbocycles. The molecule has 1 atom stereocenters. The third kappa shape index (κ3) is 1.83. The zero-order valence-corrected chi connectivity index (χ0v) is 11.1. The third-order valence-electron chi connectivity index (χ3n) is 2.99. The van der Waals surface area contributed by atoms with Crippen LogP contribution in [0.5, 0.6) is 0 Å². The standard InChI is InChI=1S/C12H14BrNO2/c1-6-7(2)11(14-8(6)3)12(15)9-4-5-10(13)16-9/h4-5,12,14-15H,1-3H3. The lowest BCUT2D eigenvalue weighted by molar-refractivity contribution is 0.183. The third-order valence-corrected chi connectivity index (χ3v) is 3.41. The summed E-state index contributed by atoms with van der Waals surface area (Å²) in [5, 5.41) is 10.2. The predicted molar refractivity (Wildman–Crippen MR) is 65.5 cm³/mol. The smallest absolute Gasteiger partial charge is 0.169 e. The first-order valence-electron chi connectivity index (χ1n) is 5.09. The monoisotopic (exact) mass is 283 g/mol. The molecule has 0 bridgehead atoms. The average Bonchev–Trinajstić information content (AvgIpc) is 2.78. The van der Waals surface area contributed by atoms with E-state index >= 15 is 0 Å². The van der Waals surface area contributed by atoms with Gasteiger partial charge in [0.1, 0.15) is 5.76 Å². The molecule has 2 heterocycles. The molecule has 86 valence electrons. The molecule has 3 nitrogen and oxygen atoms in total. The average molecular weight is 284 g/mol. The van der Waals surface area contributed by atoms with Crippen LogP contribution in [0.1, 0.15) is 34.4 Å². The normalized spacial score (nSPS) is 13.1. The summed E-state index contributed by atoms with van der Waals surface area (Å²) in [6.45, 7) is 6.03. The Balaban J connectivity index is 2.41. The second kappa shape index (κ2) is 4.11. The molecule has 0 radical (unpaired) electrons. The molecule has 0 aliphatic rings. The van der Waals surface area contributed by atoms with Crippen LogP contribution in [0.3, 0.4) is 0 Å². The van der Waals surface area contributed by atoms with E-state index in [-0.39, 0.29) is 0 Å². The van der Waals surface area contributed by atoms with Crippen LogP contribution in [0.4, 0.5) is 0 Å². The number of hydrogen-bond donors (Lipinski definition) is 2. The van der Waals surface area contributed by atoms with Crippen molar-refractivity contribution in [2.24, 2.45) is 0 Å². The number of aromatic amines is 1. The molecule has 2 rings (SSSR count). The minimum absolute atomic E-state index is 0.538. The number of aliphatic hydroxyl groups is 1. The lowest BCUT2D eigenvalue weighted by Crippen LogP contribution is -2.00. The fourth-order valence-corrected chi connectivity index (χ4v) is 2.08. The highest BCUT2D eigenvalue weighted by Gasteiger charge is 2.20. The summed E-state index contributed by atoms with van der Waals surface area (Å²) in [4.78, 5) is 3.19. The Hall–Kier alpha value is -1.00. The zero-order valence-electron chi connectivity index (χ0n) is 9.47. The van der Waals surface area contributed by atoms with Gasteiger partial charge in [-0.3, -0.25) is 0 Å². The molecule has 2 N–H and O–H groups in total. The number of rotatable bonds is 2. The van der Waals surface area contributed by atoms with Gasteiger partial charge in [-0.25, -0.2) is 0 Å². The number of halogens is 1. The zero-order chi connectivity index (χ0) is 11.9. The van der Waals surface area contributed by atoms with Crippen LogP contribution in [0.25, 0.3) is 0 Å². The Morgan fingerprint density at radius 2 is 1.94 bits per heavy atom. The molecule has 0 aliphatic carbocycles. The van der Waals surface area contributed by atoms with Crippen LogP contribution in [0, 0.1) is 20.8 Å². The van der Waals surface area contributed by atoms with E-state index in [1.807, 2.05) is 20.8 Å². The maximum Gasteiger partial charge on any atom is 0.169 e. The molecule has 4 heteroatoms. The van der Waals surface area contributed by atoms with Gasteiger partial charge in [-0.05, 0) is 60.0 Å². The first kappa shape index (κ1) is 11.5. The summed E-state index contributed by atoms with van der Waals surface area (Å²) in [5.74, 6) is 0.538. The number of hydrogen-bond acceptors (Lipinski definition) is 2. The molecule has 2 aromatic heterocycles. The molecule has 16 heavy (non-hydrogen) atoms. The van der Waals surface area contributed by atoms with Gasteiger partial charge in [-0.2, -0.15) is 0 Å². The summed E-state index contributed by atoms with van der Waals surface area (Å²) >= 11 is 3.22. The SMILES string of the molecule is Cc1[nH]c(C(O)c2ccc(Br)o2)c(C)c1C. The lowest BCUT2D eigenvalue weighted by atomic mass is 10.1. The van der Waals surface area contributed by atoms with E-state index in [0.717, 1.165) is 17.0 Å². The lowest BCUT2D eigenvalue weighted by Gasteiger charge is -2.07. The Morgan fingerprint density at radius 3 is 2.38 bits per heavy atom. The van der Waals surface area contributed by atoms with Crippen molar-refractivity contribution in [1.29, 1.82) is 0 Å². The summed E-state index contributed by atoms with van der Waals surface area (Å²) in [6.07, 6.45) is -0.737. The molecule has 1 unspecified atom stereocenters. The van der Waals surface area contributed by atoms with Crippen LogP contribution in [0.15, 0.2) is 21.2 Å². The number of aliphatic hydroxyl groups excluding tert-OH is 1. The van der Waals surface area contributed by atoms with Crippen molar-refractivity contribution in [3.05, 3.63) is 45.1 Å². The van der Waals surface area contributed by atoms with E-state index < -0.39 is 6.10 Å². The fourth-order valence-electron chi connectivity index (χ4n) is 1.76. The quantitative estimate of drug-likeness (QED) is 0.888. The fraction of sp³-hybridized carbons (Fsp3) is 0.333. The highest BCUT2D eigenvalue weighted by atomic mass is 79.9. The van der Waals surface area contributed by atoms with Gasteiger partial charge in [-0.15, -0.1) is 0 Å². The van der Waals surface area contributed by atoms with Gasteiger partial charge < -0.3 is 14.5 Å². The van der Waals surface area contributed by atoms with Gasteiger partial charge in [0.2, 0.25) is 0 Å². The predicted octanol–water partition coefficient (Wildman–Crippen LogP) is 3.38. The van der Waals surface area contributed by atoms with E-state index in [4.69, 9.17) is 4.42 Å². The summed E-state index contributed by atoms with van der Waals surface area (Å²) in [5.41, 5.74) is 4.14. The topological polar surface area (TPSA) is 49.2 Å². The van der Waals surface area contributed by atoms with Gasteiger partial charge in [-0.1, -0.05) is 0 Å². The number of furan rings is 1. The maximum atomic E-state index is 10.2. The van der Waals surface area contributed by atoms with Crippen LogP contribution in [-0.4, -0.2) is 10.1 Å². The van der Waals surface area contributed by atoms with Crippen LogP contribution in [0.2, 0.25) is 0 Å². The van der Waals surface area contributed by atoms with Gasteiger partial charge in [0.15, 0.2) is 10.8 Å². The van der Waals surface area contributed by atoms with Crippen molar-refractivity contribution in [3.63, 3.8) is 0 Å². The number of aryl methyl sites for hydroxylation is 1. The molecular formula is C12H14BrNO2. The van der Waals surface area contributed by atoms with Gasteiger partial charge in [0.05, 0.1) is 5.69 Å². The highest BCUT2D eigenvalue weighted by Crippen LogP contribution is 2.29. The van der Waals surface area contributed by atoms with Gasteiger partial charge in [0.25, 0.3) is 0 Å². The van der Waals surface area contributed by atoms with Crippen molar-refractivity contribution in [2.75, 3.05) is 0 Å². The van der Waals surface area contributed by atoms with E-state index in [2.05, 4.69) is 20.9 Å². The largest absolute Gasteiger partial charge is 0.451 e. The first-order chi connectivity index (χ1) is 7.50. The number of H-pyrrole nitrogens is 1. The minimum atomic E-state index is -0.737. The van der Waals surface area contributed by atoms with Crippen molar-refractivity contribution in [1.82, 2.24) is 4.98 Å². The molecule has 0 fully saturated rings. The molecule has 0 aromatic carbocycles. The molecular weight excluding hydrogens is 270 g/mol. The van der Waals surface area contributed by atoms with Crippen molar-refractivity contribution in [2.45, 2.75) is 26.9 Å². The van der Waals surface area contributed by atoms with E-state index in [0.29, 0.717) is 10.4 Å². The number of nitrogens with one attached hydrogen (secondary N) is 1. The highest BCUT2D eigenvalue weighted by molar-refractivity contribution is 9.10. The van der Waals surface area contributed by atoms with Crippen LogP contribution in [-0.2, 0) is 0 Å². The minimum Gasteiger partial charge on any atom is -0.451 e. The summed E-state index contributed by atoms with van der Waals surface area (Å²) in [6, 6.07) is 3.54.